The van der Waals surface area contributed by atoms with Crippen molar-refractivity contribution in [2.24, 2.45) is 5.92 Å². The molecule has 1 aromatic heterocycles. The molecule has 0 fully saturated rings. The van der Waals surface area contributed by atoms with E-state index in [-0.39, 0.29) is 18.6 Å². The van der Waals surface area contributed by atoms with Gasteiger partial charge in [-0.2, -0.15) is 4.31 Å². The van der Waals surface area contributed by atoms with E-state index in [1.165, 1.54) is 11.3 Å². The highest BCUT2D eigenvalue weighted by Gasteiger charge is 2.33. The second-order valence-electron chi connectivity index (χ2n) is 5.77. The van der Waals surface area contributed by atoms with Gasteiger partial charge in [-0.3, -0.25) is 0 Å². The van der Waals surface area contributed by atoms with Crippen LogP contribution in [0.5, 0.6) is 0 Å². The van der Waals surface area contributed by atoms with Crippen LogP contribution >= 0.6 is 11.3 Å². The summed E-state index contributed by atoms with van der Waals surface area (Å²) in [5.41, 5.74) is 0.726. The van der Waals surface area contributed by atoms with Crippen LogP contribution in [-0.2, 0) is 16.6 Å². The fourth-order valence-electron chi connectivity index (χ4n) is 2.56. The lowest BCUT2D eigenvalue weighted by molar-refractivity contribution is 0.271. The summed E-state index contributed by atoms with van der Waals surface area (Å²) in [5.74, 6) is 0.261. The molecule has 0 saturated carbocycles. The van der Waals surface area contributed by atoms with Crippen molar-refractivity contribution in [3.05, 3.63) is 15.8 Å². The molecule has 0 unspecified atom stereocenters. The van der Waals surface area contributed by atoms with Crippen LogP contribution in [0.15, 0.2) is 10.3 Å². The molecule has 1 rings (SSSR count). The first-order valence-electron chi connectivity index (χ1n) is 7.49. The Morgan fingerprint density at radius 3 is 2.29 bits per heavy atom. The predicted molar refractivity (Wildman–Crippen MR) is 88.1 cm³/mol. The molecule has 0 aromatic carbocycles. The number of hydrogen-bond acceptors (Lipinski definition) is 4. The van der Waals surface area contributed by atoms with Gasteiger partial charge in [-0.05, 0) is 36.6 Å². The van der Waals surface area contributed by atoms with Gasteiger partial charge in [-0.25, -0.2) is 8.42 Å². The highest BCUT2D eigenvalue weighted by molar-refractivity contribution is 7.89. The van der Waals surface area contributed by atoms with E-state index in [1.807, 2.05) is 27.7 Å². The molecule has 21 heavy (non-hydrogen) atoms. The average molecular weight is 334 g/mol. The third kappa shape index (κ3) is 4.06. The number of aryl methyl sites for hydroxylation is 1. The molecule has 0 spiro atoms. The molecule has 0 aliphatic carbocycles. The molecule has 0 saturated heterocycles. The molecule has 4 nitrogen and oxygen atoms in total. The Morgan fingerprint density at radius 2 is 1.86 bits per heavy atom. The topological polar surface area (TPSA) is 57.6 Å². The van der Waals surface area contributed by atoms with E-state index >= 15 is 0 Å². The lowest BCUT2D eigenvalue weighted by Gasteiger charge is -2.31. The molecular formula is C15H27NO3S2. The third-order valence-electron chi connectivity index (χ3n) is 3.59. The zero-order valence-corrected chi connectivity index (χ0v) is 15.2. The summed E-state index contributed by atoms with van der Waals surface area (Å²) in [6.07, 6.45) is 1.58. The van der Waals surface area contributed by atoms with E-state index < -0.39 is 10.0 Å². The van der Waals surface area contributed by atoms with Crippen molar-refractivity contribution in [2.45, 2.75) is 65.0 Å². The molecule has 122 valence electrons. The van der Waals surface area contributed by atoms with Crippen LogP contribution in [0.4, 0.5) is 0 Å². The van der Waals surface area contributed by atoms with E-state index in [9.17, 15) is 13.5 Å². The molecule has 1 heterocycles. The van der Waals surface area contributed by atoms with Gasteiger partial charge in [0.2, 0.25) is 10.0 Å². The van der Waals surface area contributed by atoms with Crippen molar-refractivity contribution in [2.75, 3.05) is 6.54 Å². The van der Waals surface area contributed by atoms with Crippen LogP contribution in [0, 0.1) is 12.8 Å². The highest BCUT2D eigenvalue weighted by atomic mass is 32.2. The van der Waals surface area contributed by atoms with Crippen LogP contribution in [0.3, 0.4) is 0 Å². The SMILES string of the molecule is CCC(CC)N(CC(C)C)S(=O)(=O)c1c(C)csc1CO. The molecule has 0 aliphatic heterocycles. The van der Waals surface area contributed by atoms with Crippen LogP contribution in [0.1, 0.15) is 51.0 Å². The Bertz CT molecular complexity index is 545. The first-order valence-corrected chi connectivity index (χ1v) is 9.81. The molecular weight excluding hydrogens is 306 g/mol. The fraction of sp³-hybridized carbons (Fsp3) is 0.733. The molecule has 0 amide bonds. The van der Waals surface area contributed by atoms with Crippen molar-refractivity contribution < 1.29 is 13.5 Å². The minimum atomic E-state index is -3.57. The smallest absolute Gasteiger partial charge is 0.244 e. The summed E-state index contributed by atoms with van der Waals surface area (Å²) in [4.78, 5) is 0.842. The summed E-state index contributed by atoms with van der Waals surface area (Å²) in [7, 11) is -3.57. The van der Waals surface area contributed by atoms with Crippen molar-refractivity contribution >= 4 is 21.4 Å². The fourth-order valence-corrected chi connectivity index (χ4v) is 6.11. The number of aliphatic hydroxyl groups is 1. The van der Waals surface area contributed by atoms with Crippen molar-refractivity contribution in [3.8, 4) is 0 Å². The van der Waals surface area contributed by atoms with E-state index in [1.54, 1.807) is 16.6 Å². The maximum atomic E-state index is 13.1. The first-order chi connectivity index (χ1) is 9.79. The Hall–Kier alpha value is -0.430. The summed E-state index contributed by atoms with van der Waals surface area (Å²) in [5, 5.41) is 11.2. The number of aliphatic hydroxyl groups excluding tert-OH is 1. The third-order valence-corrected chi connectivity index (χ3v) is 6.96. The Balaban J connectivity index is 3.36. The highest BCUT2D eigenvalue weighted by Crippen LogP contribution is 2.32. The lowest BCUT2D eigenvalue weighted by Crippen LogP contribution is -2.42. The largest absolute Gasteiger partial charge is 0.391 e. The summed E-state index contributed by atoms with van der Waals surface area (Å²) >= 11 is 1.31. The van der Waals surface area contributed by atoms with Crippen LogP contribution < -0.4 is 0 Å². The van der Waals surface area contributed by atoms with E-state index in [0.29, 0.717) is 16.3 Å². The van der Waals surface area contributed by atoms with Crippen molar-refractivity contribution in [3.63, 3.8) is 0 Å². The summed E-state index contributed by atoms with van der Waals surface area (Å²) in [6, 6.07) is 0.00300. The van der Waals surface area contributed by atoms with Gasteiger partial charge in [0.05, 0.1) is 11.5 Å². The Kier molecular flexibility index (Phi) is 6.84. The molecule has 1 aromatic rings. The minimum absolute atomic E-state index is 0.00300. The molecule has 1 N–H and O–H groups in total. The average Bonchev–Trinajstić information content (AvgIpc) is 2.80. The van der Waals surface area contributed by atoms with Crippen LogP contribution in [0.25, 0.3) is 0 Å². The Morgan fingerprint density at radius 1 is 1.29 bits per heavy atom. The van der Waals surface area contributed by atoms with E-state index in [4.69, 9.17) is 0 Å². The van der Waals surface area contributed by atoms with E-state index in [2.05, 4.69) is 0 Å². The maximum absolute atomic E-state index is 13.1. The van der Waals surface area contributed by atoms with Crippen molar-refractivity contribution in [1.29, 1.82) is 0 Å². The lowest BCUT2D eigenvalue weighted by atomic mass is 10.1. The van der Waals surface area contributed by atoms with Gasteiger partial charge < -0.3 is 5.11 Å². The number of hydrogen-bond donors (Lipinski definition) is 1. The van der Waals surface area contributed by atoms with Gasteiger partial charge in [0, 0.05) is 12.6 Å². The second kappa shape index (κ2) is 7.72. The molecule has 0 aliphatic rings. The Labute approximate surface area is 132 Å². The summed E-state index contributed by atoms with van der Waals surface area (Å²) < 4.78 is 27.9. The molecule has 0 bridgehead atoms. The van der Waals surface area contributed by atoms with Gasteiger partial charge in [-0.1, -0.05) is 27.7 Å². The van der Waals surface area contributed by atoms with Crippen LogP contribution in [-0.4, -0.2) is 30.4 Å². The van der Waals surface area contributed by atoms with Gasteiger partial charge in [-0.15, -0.1) is 11.3 Å². The first kappa shape index (κ1) is 18.6. The monoisotopic (exact) mass is 333 g/mol. The number of rotatable bonds is 8. The zero-order chi connectivity index (χ0) is 16.2. The number of nitrogens with zero attached hydrogens (tertiary/aromatic N) is 1. The number of thiophene rings is 1. The normalized spacial score (nSPS) is 12.8. The molecule has 0 radical (unpaired) electrons. The van der Waals surface area contributed by atoms with Gasteiger partial charge in [0.25, 0.3) is 0 Å². The van der Waals surface area contributed by atoms with Gasteiger partial charge >= 0.3 is 0 Å². The van der Waals surface area contributed by atoms with Crippen molar-refractivity contribution in [1.82, 2.24) is 4.31 Å². The zero-order valence-electron chi connectivity index (χ0n) is 13.6. The predicted octanol–water partition coefficient (Wildman–Crippen LogP) is 3.38. The standard InChI is InChI=1S/C15H27NO3S2/c1-6-13(7-2)16(8-11(3)4)21(18,19)15-12(5)10-20-14(15)9-17/h10-11,13,17H,6-9H2,1-5H3. The second-order valence-corrected chi connectivity index (χ2v) is 8.56. The quantitative estimate of drug-likeness (QED) is 0.793. The molecule has 0 atom stereocenters. The van der Waals surface area contributed by atoms with Gasteiger partial charge in [0.15, 0.2) is 0 Å². The molecule has 6 heteroatoms. The maximum Gasteiger partial charge on any atom is 0.244 e. The number of sulfonamides is 1. The minimum Gasteiger partial charge on any atom is -0.391 e. The van der Waals surface area contributed by atoms with E-state index in [0.717, 1.165) is 18.4 Å². The van der Waals surface area contributed by atoms with Crippen LogP contribution in [0.2, 0.25) is 0 Å². The summed E-state index contributed by atoms with van der Waals surface area (Å²) in [6.45, 7) is 10.2. The van der Waals surface area contributed by atoms with Gasteiger partial charge in [0.1, 0.15) is 4.90 Å².